The van der Waals surface area contributed by atoms with Crippen molar-refractivity contribution in [2.24, 2.45) is 10.1 Å². The van der Waals surface area contributed by atoms with Crippen LogP contribution in [0.25, 0.3) is 0 Å². The van der Waals surface area contributed by atoms with Crippen molar-refractivity contribution in [1.29, 1.82) is 5.41 Å². The van der Waals surface area contributed by atoms with Crippen LogP contribution in [0.4, 0.5) is 4.39 Å². The van der Waals surface area contributed by atoms with Gasteiger partial charge in [-0.1, -0.05) is 12.7 Å². The molecule has 0 fully saturated rings. The number of hydrogen-bond donors (Lipinski definition) is 2. The van der Waals surface area contributed by atoms with Crippen molar-refractivity contribution >= 4 is 18.4 Å². The molecule has 1 aromatic heterocycles. The van der Waals surface area contributed by atoms with Gasteiger partial charge in [-0.2, -0.15) is 5.10 Å². The van der Waals surface area contributed by atoms with Gasteiger partial charge in [-0.3, -0.25) is 10.3 Å². The zero-order valence-corrected chi connectivity index (χ0v) is 15.7. The maximum Gasteiger partial charge on any atom is 0.148 e. The van der Waals surface area contributed by atoms with Gasteiger partial charge in [0.15, 0.2) is 0 Å². The molecule has 27 heavy (non-hydrogen) atoms. The fourth-order valence-electron chi connectivity index (χ4n) is 2.58. The molecule has 2 aliphatic rings. The summed E-state index contributed by atoms with van der Waals surface area (Å²) in [5, 5.41) is 10.6. The average Bonchev–Trinajstić information content (AvgIpc) is 3.24. The van der Waals surface area contributed by atoms with Gasteiger partial charge in [-0.05, 0) is 19.9 Å². The van der Waals surface area contributed by atoms with Crippen LogP contribution >= 0.6 is 0 Å². The Morgan fingerprint density at radius 2 is 2.26 bits per heavy atom. The quantitative estimate of drug-likeness (QED) is 0.592. The first-order valence-electron chi connectivity index (χ1n) is 8.31. The van der Waals surface area contributed by atoms with Crippen molar-refractivity contribution in [1.82, 2.24) is 19.9 Å². The summed E-state index contributed by atoms with van der Waals surface area (Å²) in [5.41, 5.74) is 5.22. The summed E-state index contributed by atoms with van der Waals surface area (Å²) >= 11 is 0. The van der Waals surface area contributed by atoms with Crippen molar-refractivity contribution in [2.45, 2.75) is 26.6 Å². The third-order valence-corrected chi connectivity index (χ3v) is 4.00. The molecule has 0 radical (unpaired) electrons. The first-order chi connectivity index (χ1) is 13.0. The number of hydrazone groups is 1. The smallest absolute Gasteiger partial charge is 0.148 e. The summed E-state index contributed by atoms with van der Waals surface area (Å²) in [6, 6.07) is 0. The van der Waals surface area contributed by atoms with Gasteiger partial charge in [0.1, 0.15) is 23.7 Å². The molecule has 144 valence electrons. The summed E-state index contributed by atoms with van der Waals surface area (Å²) in [6.07, 6.45) is 8.62. The summed E-state index contributed by atoms with van der Waals surface area (Å²) in [6.45, 7) is 8.38. The molecule has 0 aromatic carbocycles. The van der Waals surface area contributed by atoms with E-state index in [-0.39, 0.29) is 6.17 Å². The molecule has 3 heterocycles. The molecule has 0 spiro atoms. The number of allylic oxidation sites excluding steroid dienone is 4. The number of halogens is 1. The Morgan fingerprint density at radius 1 is 1.48 bits per heavy atom. The van der Waals surface area contributed by atoms with Crippen LogP contribution in [0.1, 0.15) is 12.7 Å². The van der Waals surface area contributed by atoms with E-state index in [1.165, 1.54) is 6.08 Å². The molecule has 1 aromatic rings. The summed E-state index contributed by atoms with van der Waals surface area (Å²) in [5.74, 6) is 1.30. The van der Waals surface area contributed by atoms with Gasteiger partial charge < -0.3 is 14.7 Å². The molecule has 8 nitrogen and oxygen atoms in total. The molecule has 9 heteroatoms. The van der Waals surface area contributed by atoms with Gasteiger partial charge in [-0.25, -0.2) is 14.4 Å². The summed E-state index contributed by atoms with van der Waals surface area (Å²) in [7, 11) is 1.69. The van der Waals surface area contributed by atoms with Crippen LogP contribution < -0.4 is 5.43 Å². The van der Waals surface area contributed by atoms with Gasteiger partial charge in [0, 0.05) is 25.1 Å². The summed E-state index contributed by atoms with van der Waals surface area (Å²) in [4.78, 5) is 10.8. The maximum atomic E-state index is 11.7. The molecule has 1 atom stereocenters. The van der Waals surface area contributed by atoms with Crippen molar-refractivity contribution in [3.63, 3.8) is 0 Å². The van der Waals surface area contributed by atoms with Gasteiger partial charge in [0.05, 0.1) is 31.4 Å². The number of ether oxygens (including phenoxy) is 1. The lowest BCUT2D eigenvalue weighted by molar-refractivity contribution is 0.210. The van der Waals surface area contributed by atoms with E-state index in [1.54, 1.807) is 13.3 Å². The number of nitrogens with one attached hydrogen (secondary N) is 2. The fraction of sp³-hybridized carbons (Fsp3) is 0.333. The number of fused-ring (bicyclic) bond motifs is 1. The Bertz CT molecular complexity index is 806. The SMILES string of the molecule is C=C/C=C(/F)C=N.COCC1=C(Cn2ccnc2C)N=CN2C(C)=NNC12. The summed E-state index contributed by atoms with van der Waals surface area (Å²) < 4.78 is 19.1. The Labute approximate surface area is 158 Å². The van der Waals surface area contributed by atoms with Gasteiger partial charge in [0.25, 0.3) is 0 Å². The number of hydrogen-bond acceptors (Lipinski definition) is 7. The number of imidazole rings is 1. The highest BCUT2D eigenvalue weighted by molar-refractivity contribution is 5.93. The van der Waals surface area contributed by atoms with E-state index in [0.717, 1.165) is 29.0 Å². The Hall–Kier alpha value is -3.07. The first-order valence-corrected chi connectivity index (χ1v) is 8.31. The van der Waals surface area contributed by atoms with Crippen LogP contribution in [-0.4, -0.2) is 52.7 Å². The van der Waals surface area contributed by atoms with Crippen LogP contribution in [0.2, 0.25) is 0 Å². The molecular formula is C18H24FN7O. The minimum Gasteiger partial charge on any atom is -0.380 e. The van der Waals surface area contributed by atoms with Gasteiger partial charge in [0.2, 0.25) is 0 Å². The lowest BCUT2D eigenvalue weighted by Crippen LogP contribution is -2.44. The Kier molecular flexibility index (Phi) is 7.18. The molecule has 2 aliphatic heterocycles. The minimum absolute atomic E-state index is 0.00581. The van der Waals surface area contributed by atoms with Crippen molar-refractivity contribution in [2.75, 3.05) is 13.7 Å². The zero-order valence-electron chi connectivity index (χ0n) is 15.7. The maximum absolute atomic E-state index is 11.7. The standard InChI is InChI=1S/C13H18N6O.C5H6FN/c1-9-14-4-5-18(9)6-12-11(7-20-3)13-17-16-10(2)19(13)8-15-12;1-2-3-5(6)4-7/h4-5,8,13,17H,6-7H2,1-3H3;2-4,7H,1H2/b;5-3+,7-4?. The normalized spacial score (nSPS) is 18.4. The lowest BCUT2D eigenvalue weighted by atomic mass is 10.1. The largest absolute Gasteiger partial charge is 0.380 e. The van der Waals surface area contributed by atoms with Crippen LogP contribution in [0.3, 0.4) is 0 Å². The predicted octanol–water partition coefficient (Wildman–Crippen LogP) is 2.37. The second-order valence-electron chi connectivity index (χ2n) is 5.78. The highest BCUT2D eigenvalue weighted by Crippen LogP contribution is 2.23. The molecule has 0 aliphatic carbocycles. The molecule has 0 saturated heterocycles. The number of aliphatic imine (C=N–C) groups is 1. The monoisotopic (exact) mass is 373 g/mol. The predicted molar refractivity (Wildman–Crippen MR) is 104 cm³/mol. The molecular weight excluding hydrogens is 349 g/mol. The van der Waals surface area contributed by atoms with E-state index in [0.29, 0.717) is 19.4 Å². The molecule has 0 bridgehead atoms. The number of methoxy groups -OCH3 is 1. The fourth-order valence-corrected chi connectivity index (χ4v) is 2.58. The Balaban J connectivity index is 0.000000321. The number of rotatable bonds is 6. The van der Waals surface area contributed by atoms with E-state index in [9.17, 15) is 4.39 Å². The topological polar surface area (TPSA) is 90.9 Å². The second-order valence-corrected chi connectivity index (χ2v) is 5.78. The number of amidine groups is 1. The Morgan fingerprint density at radius 3 is 2.81 bits per heavy atom. The molecule has 0 saturated carbocycles. The molecule has 2 N–H and O–H groups in total. The van der Waals surface area contributed by atoms with Crippen LogP contribution in [0, 0.1) is 12.3 Å². The highest BCUT2D eigenvalue weighted by atomic mass is 19.1. The van der Waals surface area contributed by atoms with Crippen molar-refractivity contribution in [3.05, 3.63) is 54.0 Å². The third kappa shape index (κ3) is 4.98. The van der Waals surface area contributed by atoms with E-state index >= 15 is 0 Å². The molecule has 3 rings (SSSR count). The number of aromatic nitrogens is 2. The van der Waals surface area contributed by atoms with Crippen LogP contribution in [0.5, 0.6) is 0 Å². The van der Waals surface area contributed by atoms with Gasteiger partial charge in [-0.15, -0.1) is 0 Å². The van der Waals surface area contributed by atoms with Crippen LogP contribution in [0.15, 0.2) is 58.3 Å². The van der Waals surface area contributed by atoms with E-state index < -0.39 is 5.83 Å². The average molecular weight is 373 g/mol. The van der Waals surface area contributed by atoms with E-state index in [1.807, 2.05) is 31.3 Å². The number of aryl methyl sites for hydroxylation is 1. The van der Waals surface area contributed by atoms with E-state index in [2.05, 4.69) is 31.6 Å². The first kappa shape index (κ1) is 20.2. The van der Waals surface area contributed by atoms with Crippen molar-refractivity contribution in [3.8, 4) is 0 Å². The highest BCUT2D eigenvalue weighted by Gasteiger charge is 2.32. The zero-order chi connectivity index (χ0) is 19.8. The second kappa shape index (κ2) is 9.58. The van der Waals surface area contributed by atoms with E-state index in [4.69, 9.17) is 10.1 Å². The molecule has 0 amide bonds. The third-order valence-electron chi connectivity index (χ3n) is 4.00. The lowest BCUT2D eigenvalue weighted by Gasteiger charge is -2.29. The van der Waals surface area contributed by atoms with Crippen LogP contribution in [-0.2, 0) is 11.3 Å². The minimum atomic E-state index is -0.574. The van der Waals surface area contributed by atoms with Gasteiger partial charge >= 0.3 is 0 Å². The molecule has 1 unspecified atom stereocenters. The van der Waals surface area contributed by atoms with Crippen molar-refractivity contribution < 1.29 is 9.13 Å². The number of nitrogens with zero attached hydrogens (tertiary/aromatic N) is 5.